The number of azide groups is 1. The van der Waals surface area contributed by atoms with Crippen molar-refractivity contribution >= 4 is 17.3 Å². The highest BCUT2D eigenvalue weighted by atomic mass is 16.4. The molecule has 6 heteroatoms. The molecular formula is C11H14N4O2. The van der Waals surface area contributed by atoms with E-state index in [0.29, 0.717) is 11.4 Å². The molecule has 0 amide bonds. The van der Waals surface area contributed by atoms with Gasteiger partial charge in [0.05, 0.1) is 11.3 Å². The number of hydrogen-bond acceptors (Lipinski definition) is 3. The van der Waals surface area contributed by atoms with E-state index in [4.69, 9.17) is 10.6 Å². The highest BCUT2D eigenvalue weighted by Crippen LogP contribution is 2.25. The van der Waals surface area contributed by atoms with Crippen molar-refractivity contribution in [3.63, 3.8) is 0 Å². The molecule has 0 radical (unpaired) electrons. The molecule has 0 aromatic heterocycles. The highest BCUT2D eigenvalue weighted by molar-refractivity contribution is 5.95. The smallest absolute Gasteiger partial charge is 0.337 e. The van der Waals surface area contributed by atoms with Gasteiger partial charge in [-0.15, -0.1) is 0 Å². The van der Waals surface area contributed by atoms with Crippen LogP contribution in [0.25, 0.3) is 10.4 Å². The Bertz CT molecular complexity index is 463. The maximum Gasteiger partial charge on any atom is 0.337 e. The minimum atomic E-state index is -1.03. The maximum atomic E-state index is 11.2. The van der Waals surface area contributed by atoms with Gasteiger partial charge >= 0.3 is 5.97 Å². The number of carboxylic acids is 1. The van der Waals surface area contributed by atoms with Gasteiger partial charge in [-0.1, -0.05) is 11.2 Å². The largest absolute Gasteiger partial charge is 0.478 e. The summed E-state index contributed by atoms with van der Waals surface area (Å²) >= 11 is 0. The minimum absolute atomic E-state index is 0.151. The average Bonchev–Trinajstić information content (AvgIpc) is 2.32. The fourth-order valence-electron chi connectivity index (χ4n) is 1.65. The summed E-state index contributed by atoms with van der Waals surface area (Å²) in [5, 5.41) is 12.5. The molecule has 0 aliphatic carbocycles. The SMILES string of the molecule is CCN(CC)c1ccc(N=[N+]=[N-])cc1C(=O)O. The van der Waals surface area contributed by atoms with E-state index in [0.717, 1.165) is 13.1 Å². The summed E-state index contributed by atoms with van der Waals surface area (Å²) in [7, 11) is 0. The van der Waals surface area contributed by atoms with Crippen molar-refractivity contribution < 1.29 is 9.90 Å². The lowest BCUT2D eigenvalue weighted by atomic mass is 10.1. The number of nitrogens with zero attached hydrogens (tertiary/aromatic N) is 4. The summed E-state index contributed by atoms with van der Waals surface area (Å²) in [5.41, 5.74) is 9.42. The van der Waals surface area contributed by atoms with Crippen molar-refractivity contribution in [2.75, 3.05) is 18.0 Å². The molecule has 0 spiro atoms. The molecule has 0 bridgehead atoms. The third-order valence-corrected chi connectivity index (χ3v) is 2.47. The third kappa shape index (κ3) is 2.89. The lowest BCUT2D eigenvalue weighted by Crippen LogP contribution is -2.24. The van der Waals surface area contributed by atoms with Crippen molar-refractivity contribution in [2.45, 2.75) is 13.8 Å². The van der Waals surface area contributed by atoms with Crippen LogP contribution in [0, 0.1) is 0 Å². The van der Waals surface area contributed by atoms with Crippen LogP contribution in [0.2, 0.25) is 0 Å². The Hall–Kier alpha value is -2.20. The molecule has 0 saturated carbocycles. The Morgan fingerprint density at radius 2 is 2.12 bits per heavy atom. The fraction of sp³-hybridized carbons (Fsp3) is 0.364. The van der Waals surface area contributed by atoms with Crippen molar-refractivity contribution in [3.8, 4) is 0 Å². The van der Waals surface area contributed by atoms with Gasteiger partial charge in [0.15, 0.2) is 0 Å². The Balaban J connectivity index is 3.30. The van der Waals surface area contributed by atoms with Crippen LogP contribution in [-0.4, -0.2) is 24.2 Å². The highest BCUT2D eigenvalue weighted by Gasteiger charge is 2.14. The summed E-state index contributed by atoms with van der Waals surface area (Å²) in [4.78, 5) is 15.7. The number of aromatic carboxylic acids is 1. The standard InChI is InChI=1S/C11H14N4O2/c1-3-15(4-2)10-6-5-8(13-14-12)7-9(10)11(16)17/h5-7H,3-4H2,1-2H3,(H,16,17). The van der Waals surface area contributed by atoms with Crippen LogP contribution in [0.15, 0.2) is 23.3 Å². The molecule has 90 valence electrons. The Morgan fingerprint density at radius 3 is 2.59 bits per heavy atom. The molecule has 0 unspecified atom stereocenters. The first-order valence-electron chi connectivity index (χ1n) is 5.31. The van der Waals surface area contributed by atoms with Crippen LogP contribution in [0.5, 0.6) is 0 Å². The van der Waals surface area contributed by atoms with Gasteiger partial charge in [-0.2, -0.15) is 0 Å². The second-order valence-electron chi connectivity index (χ2n) is 3.37. The normalized spacial score (nSPS) is 9.53. The van der Waals surface area contributed by atoms with Crippen molar-refractivity contribution in [1.29, 1.82) is 0 Å². The molecule has 0 atom stereocenters. The number of hydrogen-bond donors (Lipinski definition) is 1. The van der Waals surface area contributed by atoms with Crippen LogP contribution in [0.4, 0.5) is 11.4 Å². The number of carbonyl (C=O) groups is 1. The van der Waals surface area contributed by atoms with E-state index >= 15 is 0 Å². The first-order chi connectivity index (χ1) is 8.13. The molecular weight excluding hydrogens is 220 g/mol. The summed E-state index contributed by atoms with van der Waals surface area (Å²) in [5.74, 6) is -1.03. The van der Waals surface area contributed by atoms with Gasteiger partial charge in [0.2, 0.25) is 0 Å². The van der Waals surface area contributed by atoms with Gasteiger partial charge in [0, 0.05) is 23.7 Å². The van der Waals surface area contributed by atoms with E-state index in [1.807, 2.05) is 18.7 Å². The van der Waals surface area contributed by atoms with E-state index in [-0.39, 0.29) is 5.56 Å². The fourth-order valence-corrected chi connectivity index (χ4v) is 1.65. The molecule has 1 rings (SSSR count). The topological polar surface area (TPSA) is 89.3 Å². The predicted molar refractivity (Wildman–Crippen MR) is 65.8 cm³/mol. The molecule has 1 N–H and O–H groups in total. The first-order valence-corrected chi connectivity index (χ1v) is 5.31. The number of benzene rings is 1. The molecule has 6 nitrogen and oxygen atoms in total. The van der Waals surface area contributed by atoms with Gasteiger partial charge in [0.25, 0.3) is 0 Å². The zero-order valence-electron chi connectivity index (χ0n) is 9.79. The second-order valence-corrected chi connectivity index (χ2v) is 3.37. The van der Waals surface area contributed by atoms with E-state index in [1.165, 1.54) is 6.07 Å². The zero-order chi connectivity index (χ0) is 12.8. The number of anilines is 1. The lowest BCUT2D eigenvalue weighted by Gasteiger charge is -2.23. The molecule has 17 heavy (non-hydrogen) atoms. The Morgan fingerprint density at radius 1 is 1.47 bits per heavy atom. The van der Waals surface area contributed by atoms with Crippen LogP contribution in [0.3, 0.4) is 0 Å². The molecule has 0 heterocycles. The van der Waals surface area contributed by atoms with Crippen LogP contribution >= 0.6 is 0 Å². The van der Waals surface area contributed by atoms with Crippen LogP contribution < -0.4 is 4.90 Å². The van der Waals surface area contributed by atoms with Gasteiger partial charge in [-0.05, 0) is 31.5 Å². The predicted octanol–water partition coefficient (Wildman–Crippen LogP) is 3.17. The van der Waals surface area contributed by atoms with Crippen molar-refractivity contribution in [3.05, 3.63) is 34.2 Å². The number of rotatable bonds is 5. The van der Waals surface area contributed by atoms with E-state index < -0.39 is 5.97 Å². The summed E-state index contributed by atoms with van der Waals surface area (Å²) in [6.07, 6.45) is 0. The Labute approximate surface area is 99.1 Å². The average molecular weight is 234 g/mol. The van der Waals surface area contributed by atoms with Crippen molar-refractivity contribution in [1.82, 2.24) is 0 Å². The summed E-state index contributed by atoms with van der Waals surface area (Å²) < 4.78 is 0. The maximum absolute atomic E-state index is 11.2. The van der Waals surface area contributed by atoms with Crippen LogP contribution in [0.1, 0.15) is 24.2 Å². The Kier molecular flexibility index (Phi) is 4.37. The second kappa shape index (κ2) is 5.77. The first kappa shape index (κ1) is 12.9. The quantitative estimate of drug-likeness (QED) is 0.482. The molecule has 0 aliphatic heterocycles. The van der Waals surface area contributed by atoms with Gasteiger partial charge < -0.3 is 10.0 Å². The van der Waals surface area contributed by atoms with E-state index in [9.17, 15) is 4.79 Å². The minimum Gasteiger partial charge on any atom is -0.478 e. The monoisotopic (exact) mass is 234 g/mol. The van der Waals surface area contributed by atoms with Gasteiger partial charge in [0.1, 0.15) is 0 Å². The number of carboxylic acid groups (broad SMARTS) is 1. The molecule has 0 fully saturated rings. The van der Waals surface area contributed by atoms with E-state index in [1.54, 1.807) is 12.1 Å². The van der Waals surface area contributed by atoms with Crippen molar-refractivity contribution in [2.24, 2.45) is 5.11 Å². The lowest BCUT2D eigenvalue weighted by molar-refractivity contribution is 0.0697. The van der Waals surface area contributed by atoms with Gasteiger partial charge in [-0.3, -0.25) is 0 Å². The molecule has 1 aromatic rings. The summed E-state index contributed by atoms with van der Waals surface area (Å²) in [6.45, 7) is 5.35. The molecule has 0 saturated heterocycles. The third-order valence-electron chi connectivity index (χ3n) is 2.47. The zero-order valence-corrected chi connectivity index (χ0v) is 9.79. The van der Waals surface area contributed by atoms with E-state index in [2.05, 4.69) is 10.0 Å². The molecule has 1 aromatic carbocycles. The molecule has 0 aliphatic rings. The summed E-state index contributed by atoms with van der Waals surface area (Å²) in [6, 6.07) is 4.66. The van der Waals surface area contributed by atoms with Gasteiger partial charge in [-0.25, -0.2) is 4.79 Å². The van der Waals surface area contributed by atoms with Crippen LogP contribution in [-0.2, 0) is 0 Å².